The van der Waals surface area contributed by atoms with Gasteiger partial charge in [0.2, 0.25) is 11.8 Å². The molecule has 7 nitrogen and oxygen atoms in total. The molecule has 4 aromatic rings. The molecule has 0 aliphatic heterocycles. The lowest BCUT2D eigenvalue weighted by atomic mass is 10.0. The van der Waals surface area contributed by atoms with E-state index in [4.69, 9.17) is 34.8 Å². The maximum atomic E-state index is 14.4. The number of aryl methyl sites for hydroxylation is 1. The highest BCUT2D eigenvalue weighted by molar-refractivity contribution is 7.92. The smallest absolute Gasteiger partial charge is 0.264 e. The number of carbonyl (C=O) groups is 2. The molecule has 0 aliphatic carbocycles. The average Bonchev–Trinajstić information content (AvgIpc) is 2.99. The number of rotatable bonds is 12. The third-order valence-electron chi connectivity index (χ3n) is 6.93. The van der Waals surface area contributed by atoms with Crippen LogP contribution >= 0.6 is 34.8 Å². The van der Waals surface area contributed by atoms with Gasteiger partial charge in [-0.3, -0.25) is 13.9 Å². The van der Waals surface area contributed by atoms with E-state index in [0.29, 0.717) is 17.1 Å². The fourth-order valence-corrected chi connectivity index (χ4v) is 6.78. The number of halogens is 3. The molecule has 0 heterocycles. The van der Waals surface area contributed by atoms with Crippen LogP contribution in [-0.4, -0.2) is 44.3 Å². The molecular weight excluding hydrogens is 641 g/mol. The lowest BCUT2D eigenvalue weighted by Crippen LogP contribution is -2.53. The summed E-state index contributed by atoms with van der Waals surface area (Å²) in [5.74, 6) is -0.996. The van der Waals surface area contributed by atoms with E-state index in [2.05, 4.69) is 5.32 Å². The van der Waals surface area contributed by atoms with Gasteiger partial charge in [-0.1, -0.05) is 95.0 Å². The summed E-state index contributed by atoms with van der Waals surface area (Å²) >= 11 is 19.1. The van der Waals surface area contributed by atoms with Gasteiger partial charge in [-0.05, 0) is 67.4 Å². The number of anilines is 1. The van der Waals surface area contributed by atoms with E-state index in [1.54, 1.807) is 43.3 Å². The Hall–Kier alpha value is -3.56. The molecule has 1 atom stereocenters. The van der Waals surface area contributed by atoms with Gasteiger partial charge in [0.1, 0.15) is 12.6 Å². The first kappa shape index (κ1) is 33.3. The second kappa shape index (κ2) is 14.9. The number of carbonyl (C=O) groups excluding carboxylic acids is 2. The molecule has 0 aliphatic rings. The number of hydrogen-bond donors (Lipinski definition) is 1. The molecule has 0 radical (unpaired) electrons. The van der Waals surface area contributed by atoms with Crippen LogP contribution in [0.5, 0.6) is 0 Å². The minimum Gasteiger partial charge on any atom is -0.355 e. The van der Waals surface area contributed by atoms with Crippen LogP contribution in [0.4, 0.5) is 5.69 Å². The second-order valence-corrected chi connectivity index (χ2v) is 13.3. The Morgan fingerprint density at radius 1 is 0.818 bits per heavy atom. The van der Waals surface area contributed by atoms with Gasteiger partial charge in [-0.25, -0.2) is 8.42 Å². The maximum Gasteiger partial charge on any atom is 0.264 e. The highest BCUT2D eigenvalue weighted by Crippen LogP contribution is 2.33. The Labute approximate surface area is 273 Å². The number of likely N-dealkylation sites (N-methyl/N-ethyl adjacent to an activating group) is 1. The van der Waals surface area contributed by atoms with Crippen molar-refractivity contribution < 1.29 is 18.0 Å². The monoisotopic (exact) mass is 671 g/mol. The van der Waals surface area contributed by atoms with Crippen molar-refractivity contribution in [2.45, 2.75) is 37.8 Å². The van der Waals surface area contributed by atoms with Crippen LogP contribution in [0.25, 0.3) is 0 Å². The predicted octanol–water partition coefficient (Wildman–Crippen LogP) is 6.93. The van der Waals surface area contributed by atoms with Crippen LogP contribution in [-0.2, 0) is 32.6 Å². The molecule has 4 rings (SSSR count). The summed E-state index contributed by atoms with van der Waals surface area (Å²) in [4.78, 5) is 29.3. The third kappa shape index (κ3) is 8.33. The normalized spacial score (nSPS) is 11.9. The lowest BCUT2D eigenvalue weighted by Gasteiger charge is -2.34. The molecule has 2 amide bonds. The van der Waals surface area contributed by atoms with E-state index in [9.17, 15) is 18.0 Å². The molecule has 1 N–H and O–H groups in total. The molecule has 230 valence electrons. The van der Waals surface area contributed by atoms with Gasteiger partial charge in [-0.15, -0.1) is 0 Å². The van der Waals surface area contributed by atoms with Crippen LogP contribution < -0.4 is 9.62 Å². The minimum absolute atomic E-state index is 0.00424. The van der Waals surface area contributed by atoms with Gasteiger partial charge in [0.15, 0.2) is 0 Å². The molecular formula is C33H32Cl3N3O4S. The number of nitrogens with zero attached hydrogens (tertiary/aromatic N) is 2. The SMILES string of the molecule is CCNC(=O)C(Cc1ccccc1)N(Cc1cccc(Cl)c1)C(=O)CN(c1cc(Cl)ccc1Cl)S(=O)(=O)c1ccc(C)cc1. The van der Waals surface area contributed by atoms with Gasteiger partial charge in [0, 0.05) is 29.6 Å². The van der Waals surface area contributed by atoms with E-state index >= 15 is 0 Å². The van der Waals surface area contributed by atoms with Gasteiger partial charge in [-0.2, -0.15) is 0 Å². The number of nitrogens with one attached hydrogen (secondary N) is 1. The van der Waals surface area contributed by atoms with Crippen LogP contribution in [0, 0.1) is 6.92 Å². The van der Waals surface area contributed by atoms with Crippen molar-refractivity contribution in [1.82, 2.24) is 10.2 Å². The highest BCUT2D eigenvalue weighted by Gasteiger charge is 2.35. The molecule has 44 heavy (non-hydrogen) atoms. The lowest BCUT2D eigenvalue weighted by molar-refractivity contribution is -0.140. The van der Waals surface area contributed by atoms with Crippen molar-refractivity contribution in [2.24, 2.45) is 0 Å². The fourth-order valence-electron chi connectivity index (χ4n) is 4.71. The molecule has 0 saturated heterocycles. The van der Waals surface area contributed by atoms with Crippen LogP contribution in [0.3, 0.4) is 0 Å². The third-order valence-corrected chi connectivity index (χ3v) is 9.49. The molecule has 4 aromatic carbocycles. The van der Waals surface area contributed by atoms with E-state index in [0.717, 1.165) is 15.4 Å². The van der Waals surface area contributed by atoms with Gasteiger partial charge >= 0.3 is 0 Å². The van der Waals surface area contributed by atoms with E-state index in [1.807, 2.05) is 37.3 Å². The van der Waals surface area contributed by atoms with Crippen molar-refractivity contribution in [3.8, 4) is 0 Å². The molecule has 0 fully saturated rings. The summed E-state index contributed by atoms with van der Waals surface area (Å²) in [7, 11) is -4.31. The number of amides is 2. The van der Waals surface area contributed by atoms with Crippen molar-refractivity contribution in [3.63, 3.8) is 0 Å². The molecule has 0 saturated carbocycles. The molecule has 1 unspecified atom stereocenters. The zero-order valence-electron chi connectivity index (χ0n) is 24.2. The topological polar surface area (TPSA) is 86.8 Å². The van der Waals surface area contributed by atoms with E-state index in [-0.39, 0.29) is 39.5 Å². The fraction of sp³-hybridized carbons (Fsp3) is 0.212. The van der Waals surface area contributed by atoms with E-state index in [1.165, 1.54) is 35.2 Å². The molecule has 0 aromatic heterocycles. The van der Waals surface area contributed by atoms with Crippen LogP contribution in [0.1, 0.15) is 23.6 Å². The Morgan fingerprint density at radius 2 is 1.48 bits per heavy atom. The Bertz CT molecular complexity index is 1720. The Balaban J connectivity index is 1.83. The minimum atomic E-state index is -4.31. The van der Waals surface area contributed by atoms with Gasteiger partial charge < -0.3 is 10.2 Å². The zero-order valence-corrected chi connectivity index (χ0v) is 27.3. The summed E-state index contributed by atoms with van der Waals surface area (Å²) in [5.41, 5.74) is 2.40. The Kier molecular flexibility index (Phi) is 11.3. The quantitative estimate of drug-likeness (QED) is 0.177. The largest absolute Gasteiger partial charge is 0.355 e. The predicted molar refractivity (Wildman–Crippen MR) is 177 cm³/mol. The molecule has 0 spiro atoms. The summed E-state index contributed by atoms with van der Waals surface area (Å²) in [6, 6.07) is 26.0. The first-order chi connectivity index (χ1) is 21.0. The van der Waals surface area contributed by atoms with Crippen molar-refractivity contribution in [2.75, 3.05) is 17.4 Å². The van der Waals surface area contributed by atoms with E-state index < -0.39 is 28.5 Å². The van der Waals surface area contributed by atoms with Crippen molar-refractivity contribution in [3.05, 3.63) is 129 Å². The van der Waals surface area contributed by atoms with Gasteiger partial charge in [0.05, 0.1) is 15.6 Å². The standard InChI is InChI=1S/C33H32Cl3N3O4S/c1-3-37-33(41)31(19-24-8-5-4-6-9-24)38(21-25-10-7-11-26(34)18-25)32(40)22-39(30-20-27(35)14-17-29(30)36)44(42,43)28-15-12-23(2)13-16-28/h4-18,20,31H,3,19,21-22H2,1-2H3,(H,37,41). The molecule has 0 bridgehead atoms. The summed E-state index contributed by atoms with van der Waals surface area (Å²) in [5, 5.41) is 3.62. The van der Waals surface area contributed by atoms with Crippen LogP contribution in [0.2, 0.25) is 15.1 Å². The van der Waals surface area contributed by atoms with Crippen LogP contribution in [0.15, 0.2) is 102 Å². The first-order valence-corrected chi connectivity index (χ1v) is 16.5. The highest BCUT2D eigenvalue weighted by atomic mass is 35.5. The average molecular weight is 673 g/mol. The molecule has 11 heteroatoms. The zero-order chi connectivity index (χ0) is 31.9. The summed E-state index contributed by atoms with van der Waals surface area (Å²) in [6.07, 6.45) is 0.196. The first-order valence-electron chi connectivity index (χ1n) is 13.9. The number of sulfonamides is 1. The summed E-state index contributed by atoms with van der Waals surface area (Å²) < 4.78 is 29.2. The van der Waals surface area contributed by atoms with Gasteiger partial charge in [0.25, 0.3) is 10.0 Å². The van der Waals surface area contributed by atoms with Crippen molar-refractivity contribution >= 4 is 62.3 Å². The number of benzene rings is 4. The summed E-state index contributed by atoms with van der Waals surface area (Å²) in [6.45, 7) is 3.32. The van der Waals surface area contributed by atoms with Crippen molar-refractivity contribution in [1.29, 1.82) is 0 Å². The second-order valence-electron chi connectivity index (χ2n) is 10.2. The number of hydrogen-bond acceptors (Lipinski definition) is 4. The Morgan fingerprint density at radius 3 is 2.14 bits per heavy atom. The maximum absolute atomic E-state index is 14.4.